The molecule has 0 atom stereocenters. The molecule has 0 saturated heterocycles. The van der Waals surface area contributed by atoms with Gasteiger partial charge in [0.05, 0.1) is 15.6 Å². The van der Waals surface area contributed by atoms with Crippen LogP contribution in [0.1, 0.15) is 11.3 Å². The minimum Gasteiger partial charge on any atom is -0.260 e. The summed E-state index contributed by atoms with van der Waals surface area (Å²) in [6.45, 7) is 1.79. The number of aromatic nitrogens is 1. The van der Waals surface area contributed by atoms with Gasteiger partial charge >= 0.3 is 5.69 Å². The molecule has 110 valence electrons. The SMILES string of the molecule is CO[N+](=O)c1ccc(CS(=O)(=O)c2ccc(C)nc2)cc1. The number of hydrogen-bond donors (Lipinski definition) is 0. The molecule has 0 bridgehead atoms. The van der Waals surface area contributed by atoms with Crippen molar-refractivity contribution in [3.05, 3.63) is 58.8 Å². The fourth-order valence-electron chi connectivity index (χ4n) is 1.76. The predicted molar refractivity (Wildman–Crippen MR) is 76.6 cm³/mol. The van der Waals surface area contributed by atoms with Crippen molar-refractivity contribution in [2.45, 2.75) is 17.6 Å². The van der Waals surface area contributed by atoms with Gasteiger partial charge in [0.2, 0.25) is 0 Å². The van der Waals surface area contributed by atoms with Crippen molar-refractivity contribution in [3.63, 3.8) is 0 Å². The number of nitrogens with zero attached hydrogens (tertiary/aromatic N) is 2. The monoisotopic (exact) mass is 307 g/mol. The van der Waals surface area contributed by atoms with E-state index in [9.17, 15) is 13.3 Å². The van der Waals surface area contributed by atoms with Crippen LogP contribution in [0.3, 0.4) is 0 Å². The first-order valence-corrected chi connectivity index (χ1v) is 7.83. The Balaban J connectivity index is 2.20. The molecule has 0 aliphatic rings. The molecule has 0 aliphatic heterocycles. The molecule has 0 amide bonds. The second-order valence-electron chi connectivity index (χ2n) is 4.50. The molecular weight excluding hydrogens is 292 g/mol. The number of sulfone groups is 1. The molecule has 0 unspecified atom stereocenters. The first-order valence-electron chi connectivity index (χ1n) is 6.18. The molecule has 6 nitrogen and oxygen atoms in total. The summed E-state index contributed by atoms with van der Waals surface area (Å²) in [6.07, 6.45) is 1.35. The predicted octanol–water partition coefficient (Wildman–Crippen LogP) is 2.34. The van der Waals surface area contributed by atoms with Crippen LogP contribution < -0.4 is 0 Å². The van der Waals surface area contributed by atoms with Gasteiger partial charge < -0.3 is 0 Å². The maximum absolute atomic E-state index is 12.3. The molecule has 0 fully saturated rings. The van der Waals surface area contributed by atoms with E-state index in [4.69, 9.17) is 0 Å². The number of aryl methyl sites for hydroxylation is 1. The lowest BCUT2D eigenvalue weighted by molar-refractivity contribution is -0.736. The fourth-order valence-corrected chi connectivity index (χ4v) is 3.05. The van der Waals surface area contributed by atoms with E-state index in [1.807, 2.05) is 0 Å². The lowest BCUT2D eigenvalue weighted by Gasteiger charge is -2.04. The minimum absolute atomic E-state index is 0.149. The van der Waals surface area contributed by atoms with Crippen molar-refractivity contribution in [1.29, 1.82) is 0 Å². The summed E-state index contributed by atoms with van der Waals surface area (Å²) in [5.74, 6) is -0.149. The average Bonchev–Trinajstić information content (AvgIpc) is 2.47. The third-order valence-corrected chi connectivity index (χ3v) is 4.59. The Morgan fingerprint density at radius 3 is 2.33 bits per heavy atom. The first-order chi connectivity index (χ1) is 9.92. The first kappa shape index (κ1) is 15.1. The summed E-state index contributed by atoms with van der Waals surface area (Å²) in [5, 5.41) is 0. The highest BCUT2D eigenvalue weighted by Gasteiger charge is 2.18. The van der Waals surface area contributed by atoms with Gasteiger partial charge in [0, 0.05) is 24.0 Å². The van der Waals surface area contributed by atoms with Crippen molar-refractivity contribution in [2.75, 3.05) is 7.11 Å². The summed E-state index contributed by atoms with van der Waals surface area (Å²) in [7, 11) is -2.19. The van der Waals surface area contributed by atoms with Gasteiger partial charge in [0.15, 0.2) is 16.9 Å². The van der Waals surface area contributed by atoms with Gasteiger partial charge in [-0.1, -0.05) is 12.1 Å². The molecule has 0 aliphatic carbocycles. The smallest absolute Gasteiger partial charge is 0.260 e. The molecule has 1 aromatic heterocycles. The van der Waals surface area contributed by atoms with E-state index in [0.717, 1.165) is 5.69 Å². The van der Waals surface area contributed by atoms with Crippen LogP contribution in [0.4, 0.5) is 5.69 Å². The Bertz CT molecular complexity index is 738. The van der Waals surface area contributed by atoms with Crippen LogP contribution in [0.2, 0.25) is 0 Å². The molecule has 0 N–H and O–H groups in total. The Morgan fingerprint density at radius 2 is 1.81 bits per heavy atom. The molecule has 0 radical (unpaired) electrons. The van der Waals surface area contributed by atoms with Crippen molar-refractivity contribution in [3.8, 4) is 0 Å². The highest BCUT2D eigenvalue weighted by molar-refractivity contribution is 7.90. The Morgan fingerprint density at radius 1 is 1.14 bits per heavy atom. The highest BCUT2D eigenvalue weighted by Crippen LogP contribution is 2.18. The van der Waals surface area contributed by atoms with Crippen LogP contribution in [-0.4, -0.2) is 25.4 Å². The van der Waals surface area contributed by atoms with Gasteiger partial charge in [-0.25, -0.2) is 13.3 Å². The lowest BCUT2D eigenvalue weighted by Crippen LogP contribution is -2.06. The number of hydrogen-bond acceptors (Lipinski definition) is 5. The summed E-state index contributed by atoms with van der Waals surface area (Å²) < 4.78 is 24.5. The Hall–Kier alpha value is -2.28. The van der Waals surface area contributed by atoms with Crippen molar-refractivity contribution < 1.29 is 18.2 Å². The van der Waals surface area contributed by atoms with Crippen LogP contribution in [0, 0.1) is 11.8 Å². The average molecular weight is 307 g/mol. The zero-order valence-electron chi connectivity index (χ0n) is 11.7. The van der Waals surface area contributed by atoms with Crippen LogP contribution in [0.15, 0.2) is 47.5 Å². The van der Waals surface area contributed by atoms with Crippen molar-refractivity contribution >= 4 is 15.5 Å². The van der Waals surface area contributed by atoms with Gasteiger partial charge in [0.25, 0.3) is 4.92 Å². The third-order valence-electron chi connectivity index (χ3n) is 2.91. The zero-order chi connectivity index (χ0) is 15.5. The number of rotatable bonds is 5. The topological polar surface area (TPSA) is 76.3 Å². The standard InChI is InChI=1S/C14H15N2O4S/c1-11-3-8-14(9-15-11)21(18,19)10-12-4-6-13(7-5-12)16(17)20-2/h3-9H,10H2,1-2H3/q+1. The lowest BCUT2D eigenvalue weighted by atomic mass is 10.2. The quantitative estimate of drug-likeness (QED) is 0.792. The number of benzene rings is 1. The minimum atomic E-state index is -3.45. The number of pyridine rings is 1. The second-order valence-corrected chi connectivity index (χ2v) is 6.49. The summed E-state index contributed by atoms with van der Waals surface area (Å²) >= 11 is 0. The van der Waals surface area contributed by atoms with Crippen molar-refractivity contribution in [1.82, 2.24) is 4.98 Å². The molecule has 0 spiro atoms. The zero-order valence-corrected chi connectivity index (χ0v) is 12.5. The van der Waals surface area contributed by atoms with E-state index in [1.165, 1.54) is 31.5 Å². The van der Waals surface area contributed by atoms with Crippen LogP contribution in [-0.2, 0) is 20.4 Å². The van der Waals surface area contributed by atoms with Gasteiger partial charge in [-0.3, -0.25) is 4.98 Å². The van der Waals surface area contributed by atoms with Crippen LogP contribution >= 0.6 is 0 Å². The fraction of sp³-hybridized carbons (Fsp3) is 0.214. The molecule has 21 heavy (non-hydrogen) atoms. The van der Waals surface area contributed by atoms with Gasteiger partial charge in [-0.15, -0.1) is 0 Å². The van der Waals surface area contributed by atoms with Gasteiger partial charge in [-0.05, 0) is 24.6 Å². The normalized spacial score (nSPS) is 11.1. The maximum atomic E-state index is 12.3. The molecular formula is C14H15N2O4S+. The molecule has 1 heterocycles. The van der Waals surface area contributed by atoms with Crippen LogP contribution in [0.25, 0.3) is 0 Å². The van der Waals surface area contributed by atoms with E-state index < -0.39 is 9.84 Å². The summed E-state index contributed by atoms with van der Waals surface area (Å²) in [4.78, 5) is 20.3. The van der Waals surface area contributed by atoms with E-state index in [2.05, 4.69) is 9.82 Å². The largest absolute Gasteiger partial charge is 0.316 e. The van der Waals surface area contributed by atoms with E-state index in [0.29, 0.717) is 16.2 Å². The van der Waals surface area contributed by atoms with Gasteiger partial charge in [0.1, 0.15) is 0 Å². The second kappa shape index (κ2) is 6.01. The van der Waals surface area contributed by atoms with E-state index >= 15 is 0 Å². The van der Waals surface area contributed by atoms with E-state index in [-0.39, 0.29) is 10.6 Å². The molecule has 7 heteroatoms. The Labute approximate surface area is 122 Å². The van der Waals surface area contributed by atoms with Crippen LogP contribution in [0.5, 0.6) is 0 Å². The van der Waals surface area contributed by atoms with E-state index in [1.54, 1.807) is 25.1 Å². The highest BCUT2D eigenvalue weighted by atomic mass is 32.2. The molecule has 0 saturated carbocycles. The Kier molecular flexibility index (Phi) is 4.32. The maximum Gasteiger partial charge on any atom is 0.316 e. The molecule has 2 rings (SSSR count). The van der Waals surface area contributed by atoms with Crippen molar-refractivity contribution in [2.24, 2.45) is 0 Å². The third kappa shape index (κ3) is 3.63. The summed E-state index contributed by atoms with van der Waals surface area (Å²) in [5.41, 5.74) is 1.65. The molecule has 1 aromatic carbocycles. The summed E-state index contributed by atoms with van der Waals surface area (Å²) in [6, 6.07) is 9.38. The van der Waals surface area contributed by atoms with Gasteiger partial charge in [-0.2, -0.15) is 0 Å². The molecule has 2 aromatic rings.